The molecule has 0 N–H and O–H groups in total. The van der Waals surface area contributed by atoms with Crippen molar-refractivity contribution in [2.24, 2.45) is 5.11 Å². The number of carbonyl (C=O) groups excluding carboxylic acids is 4. The summed E-state index contributed by atoms with van der Waals surface area (Å²) in [6, 6.07) is 16.1. The molecule has 0 unspecified atom stereocenters. The lowest BCUT2D eigenvalue weighted by atomic mass is 9.99. The van der Waals surface area contributed by atoms with Crippen LogP contribution in [-0.4, -0.2) is 56.6 Å². The van der Waals surface area contributed by atoms with Crippen LogP contribution in [0.4, 0.5) is 0 Å². The highest BCUT2D eigenvalue weighted by atomic mass is 127. The van der Waals surface area contributed by atoms with Crippen LogP contribution >= 0.6 is 22.6 Å². The Morgan fingerprint density at radius 2 is 1.50 bits per heavy atom. The van der Waals surface area contributed by atoms with E-state index >= 15 is 0 Å². The lowest BCUT2D eigenvalue weighted by molar-refractivity contribution is -0.185. The second-order valence-electron chi connectivity index (χ2n) is 8.52. The summed E-state index contributed by atoms with van der Waals surface area (Å²) in [7, 11) is 0. The van der Waals surface area contributed by atoms with E-state index in [0.717, 1.165) is 11.0 Å². The molecule has 4 atom stereocenters. The van der Waals surface area contributed by atoms with Gasteiger partial charge >= 0.3 is 11.9 Å². The number of carbonyl (C=O) groups is 4. The summed E-state index contributed by atoms with van der Waals surface area (Å²) >= 11 is 1.89. The zero-order valence-electron chi connectivity index (χ0n) is 20.8. The van der Waals surface area contributed by atoms with E-state index in [-0.39, 0.29) is 21.3 Å². The maximum atomic E-state index is 13.2. The third-order valence-corrected chi connectivity index (χ3v) is 6.89. The van der Waals surface area contributed by atoms with Gasteiger partial charge in [-0.15, -0.1) is 0 Å². The summed E-state index contributed by atoms with van der Waals surface area (Å²) < 4.78 is 17.9. The third-order valence-electron chi connectivity index (χ3n) is 5.80. The van der Waals surface area contributed by atoms with Crippen molar-refractivity contribution in [3.63, 3.8) is 0 Å². The molecule has 0 radical (unpaired) electrons. The molecule has 38 heavy (non-hydrogen) atoms. The van der Waals surface area contributed by atoms with Gasteiger partial charge in [-0.25, -0.2) is 9.59 Å². The molecule has 1 fully saturated rings. The van der Waals surface area contributed by atoms with Gasteiger partial charge in [-0.05, 0) is 49.7 Å². The number of amides is 1. The number of esters is 2. The van der Waals surface area contributed by atoms with Crippen LogP contribution in [0.3, 0.4) is 0 Å². The number of hydrogen-bond donors (Lipinski definition) is 0. The Labute approximate surface area is 232 Å². The van der Waals surface area contributed by atoms with Crippen LogP contribution in [0.15, 0.2) is 78.1 Å². The highest BCUT2D eigenvalue weighted by Crippen LogP contribution is 2.46. The third kappa shape index (κ3) is 6.04. The van der Waals surface area contributed by atoms with Crippen LogP contribution in [0.2, 0.25) is 0 Å². The predicted molar refractivity (Wildman–Crippen MR) is 144 cm³/mol. The quantitative estimate of drug-likeness (QED) is 0.0748. The van der Waals surface area contributed by atoms with Crippen molar-refractivity contribution in [1.29, 1.82) is 0 Å². The fraction of sp³-hybridized carbons (Fsp3) is 0.308. The number of ketones is 1. The van der Waals surface area contributed by atoms with Crippen molar-refractivity contribution in [3.05, 3.63) is 94.5 Å². The van der Waals surface area contributed by atoms with Gasteiger partial charge in [0.25, 0.3) is 0 Å². The molecule has 2 aromatic carbocycles. The summed E-state index contributed by atoms with van der Waals surface area (Å²) in [5, 5.41) is 3.82. The molecule has 0 saturated carbocycles. The average Bonchev–Trinajstić information content (AvgIpc) is 3.12. The van der Waals surface area contributed by atoms with Gasteiger partial charge in [0.15, 0.2) is 29.4 Å². The predicted octanol–water partition coefficient (Wildman–Crippen LogP) is 4.58. The monoisotopic (exact) mass is 632 g/mol. The molecule has 1 aliphatic heterocycles. The van der Waals surface area contributed by atoms with Gasteiger partial charge in [0, 0.05) is 22.5 Å². The minimum absolute atomic E-state index is 0.0430. The van der Waals surface area contributed by atoms with E-state index in [1.54, 1.807) is 36.4 Å². The first-order chi connectivity index (χ1) is 18.1. The number of ether oxygens (including phenoxy) is 3. The zero-order valence-corrected chi connectivity index (χ0v) is 23.0. The maximum absolute atomic E-state index is 13.2. The van der Waals surface area contributed by atoms with Crippen LogP contribution in [0.25, 0.3) is 10.4 Å². The number of hydrogen-bond acceptors (Lipinski definition) is 8. The van der Waals surface area contributed by atoms with E-state index in [2.05, 4.69) is 10.0 Å². The standard InChI is InChI=1S/C26H25IN4O7/c1-17(32)14-15-31(18(2)33)25(3)21(36-23(34)19-10-6-4-7-11-19)22(26(16-27,38-25)29-30-28)37-24(35)20-12-8-5-9-13-20/h4-15,21-22H,16H2,1-3H3/b15-14-/t21-,22+,25-,26-/m1/s1. The van der Waals surface area contributed by atoms with Crippen LogP contribution in [-0.2, 0) is 23.8 Å². The second kappa shape index (κ2) is 12.2. The van der Waals surface area contributed by atoms with Crippen LogP contribution in [0.1, 0.15) is 41.5 Å². The molecule has 11 nitrogen and oxygen atoms in total. The molecule has 0 bridgehead atoms. The second-order valence-corrected chi connectivity index (χ2v) is 9.29. The average molecular weight is 632 g/mol. The van der Waals surface area contributed by atoms with Crippen LogP contribution < -0.4 is 0 Å². The van der Waals surface area contributed by atoms with Gasteiger partial charge in [0.05, 0.1) is 11.1 Å². The molecule has 1 aliphatic rings. The summed E-state index contributed by atoms with van der Waals surface area (Å²) in [6.45, 7) is 3.93. The minimum Gasteiger partial charge on any atom is -0.451 e. The zero-order chi connectivity index (χ0) is 27.9. The van der Waals surface area contributed by atoms with Gasteiger partial charge in [-0.3, -0.25) is 14.5 Å². The Balaban J connectivity index is 2.19. The first-order valence-electron chi connectivity index (χ1n) is 11.4. The van der Waals surface area contributed by atoms with Crippen molar-refractivity contribution in [3.8, 4) is 0 Å². The van der Waals surface area contributed by atoms with Crippen molar-refractivity contribution in [2.45, 2.75) is 44.4 Å². The van der Waals surface area contributed by atoms with E-state index in [4.69, 9.17) is 14.2 Å². The molecular formula is C26H25IN4O7. The number of alkyl halides is 1. The molecule has 3 rings (SSSR count). The lowest BCUT2D eigenvalue weighted by Crippen LogP contribution is -2.56. The largest absolute Gasteiger partial charge is 0.451 e. The Morgan fingerprint density at radius 1 is 1.00 bits per heavy atom. The summed E-state index contributed by atoms with van der Waals surface area (Å²) in [6.07, 6.45) is -0.644. The fourth-order valence-electron chi connectivity index (χ4n) is 4.05. The van der Waals surface area contributed by atoms with Crippen molar-refractivity contribution in [1.82, 2.24) is 4.90 Å². The van der Waals surface area contributed by atoms with Gasteiger partial charge < -0.3 is 14.2 Å². The summed E-state index contributed by atoms with van der Waals surface area (Å²) in [5.74, 6) is -2.53. The molecule has 0 aliphatic carbocycles. The Hall–Kier alpha value is -3.74. The molecule has 1 amide bonds. The number of allylic oxidation sites excluding steroid dienone is 1. The number of azide groups is 1. The maximum Gasteiger partial charge on any atom is 0.338 e. The Kier molecular flexibility index (Phi) is 9.26. The van der Waals surface area contributed by atoms with Crippen LogP contribution in [0.5, 0.6) is 0 Å². The molecule has 2 aromatic rings. The van der Waals surface area contributed by atoms with Gasteiger partial charge in [0.2, 0.25) is 5.91 Å². The Bertz CT molecular complexity index is 1280. The van der Waals surface area contributed by atoms with Gasteiger partial charge in [-0.1, -0.05) is 64.1 Å². The van der Waals surface area contributed by atoms with E-state index < -0.39 is 41.5 Å². The van der Waals surface area contributed by atoms with E-state index in [1.165, 1.54) is 51.2 Å². The lowest BCUT2D eigenvalue weighted by Gasteiger charge is -2.38. The minimum atomic E-state index is -1.88. The highest BCUT2D eigenvalue weighted by molar-refractivity contribution is 14.1. The topological polar surface area (TPSA) is 148 Å². The molecular weight excluding hydrogens is 607 g/mol. The van der Waals surface area contributed by atoms with E-state index in [0.29, 0.717) is 0 Å². The smallest absolute Gasteiger partial charge is 0.338 e. The first-order valence-corrected chi connectivity index (χ1v) is 12.9. The summed E-state index contributed by atoms with van der Waals surface area (Å²) in [4.78, 5) is 54.8. The normalized spacial score (nSPS) is 24.3. The fourth-order valence-corrected chi connectivity index (χ4v) is 4.79. The highest BCUT2D eigenvalue weighted by Gasteiger charge is 2.67. The molecule has 0 aromatic heterocycles. The number of nitrogens with zero attached hydrogens (tertiary/aromatic N) is 4. The first kappa shape index (κ1) is 28.8. The molecule has 198 valence electrons. The molecule has 1 heterocycles. The SMILES string of the molecule is CC(=O)/C=C\N(C(C)=O)[C@]1(C)O[C@@](CI)(N=[N+]=[N-])[C@@H](OC(=O)c2ccccc2)[C@H]1OC(=O)c1ccccc1. The molecule has 0 spiro atoms. The summed E-state index contributed by atoms with van der Waals surface area (Å²) in [5.41, 5.74) is 6.06. The number of benzene rings is 2. The number of rotatable bonds is 9. The number of halogens is 1. The van der Waals surface area contributed by atoms with Gasteiger partial charge in [0.1, 0.15) is 0 Å². The van der Waals surface area contributed by atoms with Crippen molar-refractivity contribution in [2.75, 3.05) is 4.43 Å². The molecule has 1 saturated heterocycles. The van der Waals surface area contributed by atoms with Crippen LogP contribution in [0, 0.1) is 0 Å². The van der Waals surface area contributed by atoms with Gasteiger partial charge in [-0.2, -0.15) is 0 Å². The van der Waals surface area contributed by atoms with Crippen molar-refractivity contribution >= 4 is 46.2 Å². The molecule has 12 heteroatoms. The van der Waals surface area contributed by atoms with Crippen molar-refractivity contribution < 1.29 is 33.4 Å². The van der Waals surface area contributed by atoms with E-state index in [9.17, 15) is 24.7 Å². The van der Waals surface area contributed by atoms with E-state index in [1.807, 2.05) is 22.6 Å². The Morgan fingerprint density at radius 3 is 1.92 bits per heavy atom.